The number of amides is 2. The molecule has 0 saturated carbocycles. The predicted molar refractivity (Wildman–Crippen MR) is 112 cm³/mol. The molecule has 1 saturated heterocycles. The average molecular weight is 422 g/mol. The standard InChI is InChI=1S/C21H35N5O4/c1-20(2,3)30-19(28)25-13-14-29-21(16-25)8-5-9-22-10-6-12-26-17(7-11-23-26)18(27)24(4)15-21/h7,11,22H,5-6,8-10,12-16H2,1-4H3. The van der Waals surface area contributed by atoms with Crippen molar-refractivity contribution in [2.75, 3.05) is 46.4 Å². The van der Waals surface area contributed by atoms with Gasteiger partial charge in [-0.05, 0) is 59.2 Å². The monoisotopic (exact) mass is 421 g/mol. The van der Waals surface area contributed by atoms with Crippen molar-refractivity contribution in [3.05, 3.63) is 18.0 Å². The van der Waals surface area contributed by atoms with Crippen LogP contribution in [0.15, 0.2) is 12.3 Å². The summed E-state index contributed by atoms with van der Waals surface area (Å²) >= 11 is 0. The molecular weight excluding hydrogens is 386 g/mol. The summed E-state index contributed by atoms with van der Waals surface area (Å²) in [5.74, 6) is -0.0860. The number of nitrogens with zero attached hydrogens (tertiary/aromatic N) is 4. The minimum Gasteiger partial charge on any atom is -0.444 e. The summed E-state index contributed by atoms with van der Waals surface area (Å²) in [7, 11) is 1.79. The fourth-order valence-corrected chi connectivity index (χ4v) is 4.06. The molecule has 0 bridgehead atoms. The van der Waals surface area contributed by atoms with Crippen molar-refractivity contribution in [3.63, 3.8) is 0 Å². The van der Waals surface area contributed by atoms with E-state index in [1.807, 2.05) is 20.8 Å². The minimum atomic E-state index is -0.625. The molecule has 1 aromatic rings. The van der Waals surface area contributed by atoms with E-state index in [2.05, 4.69) is 10.4 Å². The van der Waals surface area contributed by atoms with Crippen LogP contribution in [0.25, 0.3) is 0 Å². The fourth-order valence-electron chi connectivity index (χ4n) is 4.06. The molecule has 0 aliphatic carbocycles. The van der Waals surface area contributed by atoms with Gasteiger partial charge >= 0.3 is 6.09 Å². The first-order valence-corrected chi connectivity index (χ1v) is 10.8. The molecule has 1 aromatic heterocycles. The summed E-state index contributed by atoms with van der Waals surface area (Å²) < 4.78 is 13.6. The number of ether oxygens (including phenoxy) is 2. The number of carbonyl (C=O) groups is 2. The number of aromatic nitrogens is 2. The van der Waals surface area contributed by atoms with Crippen LogP contribution in [-0.2, 0) is 16.0 Å². The zero-order valence-corrected chi connectivity index (χ0v) is 18.6. The number of morpholine rings is 1. The van der Waals surface area contributed by atoms with Gasteiger partial charge in [-0.25, -0.2) is 4.79 Å². The van der Waals surface area contributed by atoms with Crippen LogP contribution in [0.4, 0.5) is 4.79 Å². The van der Waals surface area contributed by atoms with Gasteiger partial charge in [0.25, 0.3) is 5.91 Å². The molecule has 1 atom stereocenters. The molecular formula is C21H35N5O4. The first-order valence-electron chi connectivity index (χ1n) is 10.8. The highest BCUT2D eigenvalue weighted by atomic mass is 16.6. The van der Waals surface area contributed by atoms with E-state index in [0.29, 0.717) is 38.5 Å². The molecule has 2 aliphatic rings. The molecule has 1 spiro atoms. The largest absolute Gasteiger partial charge is 0.444 e. The van der Waals surface area contributed by atoms with E-state index < -0.39 is 11.2 Å². The Morgan fingerprint density at radius 3 is 2.77 bits per heavy atom. The van der Waals surface area contributed by atoms with Crippen molar-refractivity contribution in [2.45, 2.75) is 57.8 Å². The van der Waals surface area contributed by atoms with Crippen LogP contribution in [0.3, 0.4) is 0 Å². The normalized spacial score (nSPS) is 24.6. The summed E-state index contributed by atoms with van der Waals surface area (Å²) in [6.45, 7) is 9.72. The number of fused-ring (bicyclic) bond motifs is 1. The van der Waals surface area contributed by atoms with Crippen LogP contribution in [-0.4, -0.2) is 89.2 Å². The van der Waals surface area contributed by atoms with E-state index in [-0.39, 0.29) is 12.0 Å². The Labute approximate surface area is 178 Å². The molecule has 0 aromatic carbocycles. The Hall–Kier alpha value is -2.13. The number of nitrogens with one attached hydrogen (secondary N) is 1. The first-order chi connectivity index (χ1) is 14.2. The maximum absolute atomic E-state index is 13.1. The van der Waals surface area contributed by atoms with Crippen molar-refractivity contribution in [2.24, 2.45) is 0 Å². The van der Waals surface area contributed by atoms with E-state index in [1.54, 1.807) is 33.8 Å². The zero-order valence-electron chi connectivity index (χ0n) is 18.6. The third kappa shape index (κ3) is 5.72. The molecule has 0 radical (unpaired) electrons. The highest BCUT2D eigenvalue weighted by molar-refractivity contribution is 5.92. The maximum Gasteiger partial charge on any atom is 0.410 e. The minimum absolute atomic E-state index is 0.0860. The summed E-state index contributed by atoms with van der Waals surface area (Å²) in [5, 5.41) is 7.76. The van der Waals surface area contributed by atoms with Gasteiger partial charge < -0.3 is 24.6 Å². The van der Waals surface area contributed by atoms with Crippen LogP contribution in [0.1, 0.15) is 50.5 Å². The van der Waals surface area contributed by atoms with Crippen LogP contribution in [0.5, 0.6) is 0 Å². The van der Waals surface area contributed by atoms with E-state index in [9.17, 15) is 9.59 Å². The van der Waals surface area contributed by atoms with E-state index in [0.717, 1.165) is 32.4 Å². The molecule has 2 amide bonds. The lowest BCUT2D eigenvalue weighted by molar-refractivity contribution is -0.120. The van der Waals surface area contributed by atoms with Gasteiger partial charge in [0, 0.05) is 26.3 Å². The molecule has 30 heavy (non-hydrogen) atoms. The lowest BCUT2D eigenvalue weighted by atomic mass is 9.94. The third-order valence-electron chi connectivity index (χ3n) is 5.42. The fraction of sp³-hybridized carbons (Fsp3) is 0.762. The van der Waals surface area contributed by atoms with Crippen molar-refractivity contribution < 1.29 is 19.1 Å². The van der Waals surface area contributed by atoms with E-state index in [4.69, 9.17) is 9.47 Å². The SMILES string of the molecule is CN1CC2(CCCNCCCn3nccc3C1=O)CN(C(=O)OC(C)(C)C)CCO2. The second-order valence-corrected chi connectivity index (χ2v) is 9.24. The smallest absolute Gasteiger partial charge is 0.410 e. The number of rotatable bonds is 0. The second-order valence-electron chi connectivity index (χ2n) is 9.24. The molecule has 3 heterocycles. The van der Waals surface area contributed by atoms with Gasteiger partial charge in [-0.3, -0.25) is 9.48 Å². The van der Waals surface area contributed by atoms with Gasteiger partial charge in [0.15, 0.2) is 0 Å². The zero-order chi connectivity index (χ0) is 21.8. The molecule has 1 fully saturated rings. The average Bonchev–Trinajstić information content (AvgIpc) is 3.13. The number of aryl methyl sites for hydroxylation is 1. The Morgan fingerprint density at radius 1 is 1.23 bits per heavy atom. The third-order valence-corrected chi connectivity index (χ3v) is 5.42. The Balaban J connectivity index is 1.79. The van der Waals surface area contributed by atoms with Gasteiger partial charge in [0.2, 0.25) is 0 Å². The molecule has 9 heteroatoms. The Morgan fingerprint density at radius 2 is 2.00 bits per heavy atom. The van der Waals surface area contributed by atoms with E-state index in [1.165, 1.54) is 0 Å². The number of likely N-dealkylation sites (N-methyl/N-ethyl adjacent to an activating group) is 1. The quantitative estimate of drug-likeness (QED) is 0.686. The summed E-state index contributed by atoms with van der Waals surface area (Å²) in [4.78, 5) is 29.2. The number of hydrogen-bond donors (Lipinski definition) is 1. The van der Waals surface area contributed by atoms with Gasteiger partial charge in [0.1, 0.15) is 16.9 Å². The van der Waals surface area contributed by atoms with E-state index >= 15 is 0 Å². The predicted octanol–water partition coefficient (Wildman–Crippen LogP) is 1.73. The van der Waals surface area contributed by atoms with Crippen LogP contribution in [0, 0.1) is 0 Å². The van der Waals surface area contributed by atoms with Crippen LogP contribution >= 0.6 is 0 Å². The lowest BCUT2D eigenvalue weighted by Gasteiger charge is -2.44. The first kappa shape index (κ1) is 22.6. The molecule has 1 unspecified atom stereocenters. The maximum atomic E-state index is 13.1. The molecule has 9 nitrogen and oxygen atoms in total. The van der Waals surface area contributed by atoms with Gasteiger partial charge in [-0.2, -0.15) is 5.10 Å². The summed E-state index contributed by atoms with van der Waals surface area (Å²) in [6, 6.07) is 1.76. The van der Waals surface area contributed by atoms with Crippen molar-refractivity contribution in [3.8, 4) is 0 Å². The number of carbonyl (C=O) groups excluding carboxylic acids is 2. The second kappa shape index (κ2) is 9.34. The Bertz CT molecular complexity index is 744. The van der Waals surface area contributed by atoms with Crippen LogP contribution < -0.4 is 5.32 Å². The van der Waals surface area contributed by atoms with Gasteiger partial charge in [-0.1, -0.05) is 0 Å². The summed E-state index contributed by atoms with van der Waals surface area (Å²) in [5.41, 5.74) is -0.602. The molecule has 1 N–H and O–H groups in total. The Kier molecular flexibility index (Phi) is 7.02. The molecule has 2 aliphatic heterocycles. The highest BCUT2D eigenvalue weighted by Crippen LogP contribution is 2.27. The van der Waals surface area contributed by atoms with Crippen LogP contribution in [0.2, 0.25) is 0 Å². The number of hydrogen-bond acceptors (Lipinski definition) is 6. The van der Waals surface area contributed by atoms with Crippen molar-refractivity contribution in [1.82, 2.24) is 24.9 Å². The summed E-state index contributed by atoms with van der Waals surface area (Å²) in [6.07, 6.45) is 3.88. The van der Waals surface area contributed by atoms with Gasteiger partial charge in [0.05, 0.1) is 19.7 Å². The molecule has 3 rings (SSSR count). The molecule has 168 valence electrons. The lowest BCUT2D eigenvalue weighted by Crippen LogP contribution is -2.59. The topological polar surface area (TPSA) is 88.9 Å². The van der Waals surface area contributed by atoms with Crippen molar-refractivity contribution >= 4 is 12.0 Å². The highest BCUT2D eigenvalue weighted by Gasteiger charge is 2.41. The van der Waals surface area contributed by atoms with Gasteiger partial charge in [-0.15, -0.1) is 0 Å². The van der Waals surface area contributed by atoms with Crippen molar-refractivity contribution in [1.29, 1.82) is 0 Å².